The minimum absolute atomic E-state index is 0.172. The van der Waals surface area contributed by atoms with Gasteiger partial charge >= 0.3 is 6.18 Å². The van der Waals surface area contributed by atoms with Crippen molar-refractivity contribution in [3.8, 4) is 5.69 Å². The Morgan fingerprint density at radius 2 is 1.84 bits per heavy atom. The summed E-state index contributed by atoms with van der Waals surface area (Å²) in [5.41, 5.74) is -0.279. The van der Waals surface area contributed by atoms with Gasteiger partial charge in [0.1, 0.15) is 0 Å². The molecular formula is C22H20ClF3N4O. The lowest BCUT2D eigenvalue weighted by atomic mass is 10.2. The average Bonchev–Trinajstić information content (AvgIpc) is 3.36. The van der Waals surface area contributed by atoms with E-state index < -0.39 is 23.3 Å². The average molecular weight is 449 g/mol. The first-order chi connectivity index (χ1) is 14.8. The Balaban J connectivity index is 1.49. The van der Waals surface area contributed by atoms with Crippen LogP contribution in [0.5, 0.6) is 0 Å². The Bertz CT molecular complexity index is 1050. The van der Waals surface area contributed by atoms with Crippen LogP contribution in [0, 0.1) is 0 Å². The maximum atomic E-state index is 13.8. The molecule has 0 bridgehead atoms. The monoisotopic (exact) mass is 448 g/mol. The number of nitrogens with zero attached hydrogens (tertiary/aromatic N) is 3. The van der Waals surface area contributed by atoms with Crippen molar-refractivity contribution in [1.29, 1.82) is 0 Å². The second-order valence-corrected chi connectivity index (χ2v) is 7.91. The summed E-state index contributed by atoms with van der Waals surface area (Å²) in [4.78, 5) is 14.9. The third kappa shape index (κ3) is 4.91. The second kappa shape index (κ2) is 8.72. The molecule has 1 aliphatic rings. The van der Waals surface area contributed by atoms with Crippen LogP contribution in [0.15, 0.2) is 60.8 Å². The van der Waals surface area contributed by atoms with Gasteiger partial charge in [-0.05, 0) is 36.2 Å². The van der Waals surface area contributed by atoms with Crippen LogP contribution in [0.25, 0.3) is 5.69 Å². The zero-order valence-electron chi connectivity index (χ0n) is 16.4. The van der Waals surface area contributed by atoms with E-state index in [0.29, 0.717) is 18.0 Å². The number of benzene rings is 2. The van der Waals surface area contributed by atoms with Crippen molar-refractivity contribution in [1.82, 2.24) is 20.0 Å². The molecule has 0 saturated carbocycles. The van der Waals surface area contributed by atoms with Crippen molar-refractivity contribution >= 4 is 17.5 Å². The molecule has 31 heavy (non-hydrogen) atoms. The van der Waals surface area contributed by atoms with Crippen molar-refractivity contribution in [2.75, 3.05) is 13.1 Å². The summed E-state index contributed by atoms with van der Waals surface area (Å²) < 4.78 is 42.2. The fraction of sp³-hybridized carbons (Fsp3) is 0.273. The van der Waals surface area contributed by atoms with Gasteiger partial charge in [-0.3, -0.25) is 9.69 Å². The van der Waals surface area contributed by atoms with Gasteiger partial charge in [0.25, 0.3) is 5.91 Å². The molecule has 1 saturated heterocycles. The Morgan fingerprint density at radius 1 is 1.13 bits per heavy atom. The van der Waals surface area contributed by atoms with Crippen LogP contribution in [0.1, 0.15) is 28.0 Å². The second-order valence-electron chi connectivity index (χ2n) is 7.47. The number of nitrogens with one attached hydrogen (secondary N) is 1. The number of amides is 1. The van der Waals surface area contributed by atoms with Gasteiger partial charge in [-0.2, -0.15) is 18.3 Å². The van der Waals surface area contributed by atoms with Gasteiger partial charge in [0.05, 0.1) is 17.4 Å². The van der Waals surface area contributed by atoms with Crippen LogP contribution in [-0.2, 0) is 12.7 Å². The SMILES string of the molecule is O=C(NC1CCN(Cc2ccccc2)C1)c1cnn(-c2ccc(Cl)cc2)c1C(F)(F)F. The molecule has 2 aromatic carbocycles. The van der Waals surface area contributed by atoms with Gasteiger partial charge in [0.15, 0.2) is 5.69 Å². The summed E-state index contributed by atoms with van der Waals surface area (Å²) >= 11 is 5.82. The molecule has 4 rings (SSSR count). The molecule has 1 N–H and O–H groups in total. The van der Waals surface area contributed by atoms with E-state index in [1.54, 1.807) is 0 Å². The highest BCUT2D eigenvalue weighted by Crippen LogP contribution is 2.34. The van der Waals surface area contributed by atoms with Crippen molar-refractivity contribution in [2.45, 2.75) is 25.2 Å². The third-order valence-corrected chi connectivity index (χ3v) is 5.46. The fourth-order valence-corrected chi connectivity index (χ4v) is 3.89. The molecular weight excluding hydrogens is 429 g/mol. The van der Waals surface area contributed by atoms with E-state index >= 15 is 0 Å². The van der Waals surface area contributed by atoms with Crippen LogP contribution in [0.3, 0.4) is 0 Å². The number of halogens is 4. The Hall–Kier alpha value is -2.84. The van der Waals surface area contributed by atoms with Gasteiger partial charge in [-0.25, -0.2) is 4.68 Å². The van der Waals surface area contributed by atoms with Crippen molar-refractivity contribution < 1.29 is 18.0 Å². The highest BCUT2D eigenvalue weighted by atomic mass is 35.5. The summed E-state index contributed by atoms with van der Waals surface area (Å²) in [6, 6.07) is 15.5. The normalized spacial score (nSPS) is 17.1. The molecule has 9 heteroatoms. The molecule has 1 unspecified atom stereocenters. The first-order valence-electron chi connectivity index (χ1n) is 9.79. The predicted octanol–water partition coefficient (Wildman–Crippen LogP) is 4.55. The number of hydrogen-bond donors (Lipinski definition) is 1. The minimum atomic E-state index is -4.75. The number of likely N-dealkylation sites (tertiary alicyclic amines) is 1. The number of rotatable bonds is 5. The van der Waals surface area contributed by atoms with Gasteiger partial charge in [0, 0.05) is 30.7 Å². The smallest absolute Gasteiger partial charge is 0.348 e. The molecule has 1 atom stereocenters. The van der Waals surface area contributed by atoms with E-state index in [-0.39, 0.29) is 11.7 Å². The van der Waals surface area contributed by atoms with Crippen molar-refractivity contribution in [2.24, 2.45) is 0 Å². The summed E-state index contributed by atoms with van der Waals surface area (Å²) in [6.07, 6.45) is -3.12. The highest BCUT2D eigenvalue weighted by Gasteiger charge is 2.41. The molecule has 5 nitrogen and oxygen atoms in total. The number of hydrogen-bond acceptors (Lipinski definition) is 3. The molecule has 0 spiro atoms. The maximum Gasteiger partial charge on any atom is 0.434 e. The standard InChI is InChI=1S/C22H20ClF3N4O/c23-16-6-8-18(9-7-16)30-20(22(24,25)26)19(12-27-30)21(31)28-17-10-11-29(14-17)13-15-4-2-1-3-5-15/h1-9,12,17H,10-11,13-14H2,(H,28,31). The van der Waals surface area contributed by atoms with Crippen molar-refractivity contribution in [3.63, 3.8) is 0 Å². The van der Waals surface area contributed by atoms with E-state index in [2.05, 4.69) is 15.3 Å². The van der Waals surface area contributed by atoms with Crippen LogP contribution < -0.4 is 5.32 Å². The molecule has 1 aliphatic heterocycles. The summed E-state index contributed by atoms with van der Waals surface area (Å²) in [5.74, 6) is -0.779. The summed E-state index contributed by atoms with van der Waals surface area (Å²) in [7, 11) is 0. The van der Waals surface area contributed by atoms with Gasteiger partial charge < -0.3 is 5.32 Å². The fourth-order valence-electron chi connectivity index (χ4n) is 3.76. The molecule has 1 amide bonds. The Morgan fingerprint density at radius 3 is 2.52 bits per heavy atom. The van der Waals surface area contributed by atoms with E-state index in [4.69, 9.17) is 11.6 Å². The van der Waals surface area contributed by atoms with E-state index in [9.17, 15) is 18.0 Å². The lowest BCUT2D eigenvalue weighted by Gasteiger charge is -2.17. The molecule has 162 valence electrons. The number of carbonyl (C=O) groups excluding carboxylic acids is 1. The zero-order valence-corrected chi connectivity index (χ0v) is 17.2. The first-order valence-corrected chi connectivity index (χ1v) is 10.2. The maximum absolute atomic E-state index is 13.8. The Kier molecular flexibility index (Phi) is 6.02. The molecule has 1 fully saturated rings. The van der Waals surface area contributed by atoms with Crippen LogP contribution >= 0.6 is 11.6 Å². The number of aromatic nitrogens is 2. The molecule has 3 aromatic rings. The largest absolute Gasteiger partial charge is 0.434 e. The molecule has 0 aliphatic carbocycles. The van der Waals surface area contributed by atoms with E-state index in [0.717, 1.165) is 29.5 Å². The quantitative estimate of drug-likeness (QED) is 0.623. The van der Waals surface area contributed by atoms with Crippen LogP contribution in [-0.4, -0.2) is 39.7 Å². The predicted molar refractivity (Wildman–Crippen MR) is 111 cm³/mol. The van der Waals surface area contributed by atoms with Crippen molar-refractivity contribution in [3.05, 3.63) is 82.6 Å². The van der Waals surface area contributed by atoms with Gasteiger partial charge in [-0.15, -0.1) is 0 Å². The van der Waals surface area contributed by atoms with E-state index in [1.807, 2.05) is 30.3 Å². The molecule has 0 radical (unpaired) electrons. The zero-order chi connectivity index (χ0) is 22.0. The van der Waals surface area contributed by atoms with Gasteiger partial charge in [-0.1, -0.05) is 41.9 Å². The molecule has 2 heterocycles. The third-order valence-electron chi connectivity index (χ3n) is 5.21. The van der Waals surface area contributed by atoms with E-state index in [1.165, 1.54) is 24.3 Å². The minimum Gasteiger partial charge on any atom is -0.348 e. The lowest BCUT2D eigenvalue weighted by Crippen LogP contribution is -2.37. The lowest BCUT2D eigenvalue weighted by molar-refractivity contribution is -0.143. The number of alkyl halides is 3. The first kappa shape index (κ1) is 21.4. The van der Waals surface area contributed by atoms with Crippen LogP contribution in [0.4, 0.5) is 13.2 Å². The molecule has 1 aromatic heterocycles. The van der Waals surface area contributed by atoms with Crippen LogP contribution in [0.2, 0.25) is 5.02 Å². The highest BCUT2D eigenvalue weighted by molar-refractivity contribution is 6.30. The number of carbonyl (C=O) groups is 1. The topological polar surface area (TPSA) is 50.2 Å². The summed E-state index contributed by atoms with van der Waals surface area (Å²) in [5, 5.41) is 6.97. The summed E-state index contributed by atoms with van der Waals surface area (Å²) in [6.45, 7) is 2.07. The van der Waals surface area contributed by atoms with Gasteiger partial charge in [0.2, 0.25) is 0 Å². The Labute approximate surface area is 182 Å².